The Morgan fingerprint density at radius 3 is 2.39 bits per heavy atom. The third-order valence-corrected chi connectivity index (χ3v) is 7.04. The molecule has 5 nitrogen and oxygen atoms in total. The molecule has 4 rings (SSSR count). The molecule has 1 fully saturated rings. The minimum Gasteiger partial charge on any atom is -0.367 e. The van der Waals surface area contributed by atoms with Gasteiger partial charge >= 0.3 is 0 Å². The lowest BCUT2D eigenvalue weighted by molar-refractivity contribution is 0.409. The Labute approximate surface area is 181 Å². The van der Waals surface area contributed by atoms with Crippen molar-refractivity contribution in [2.45, 2.75) is 44.7 Å². The van der Waals surface area contributed by atoms with Crippen molar-refractivity contribution in [3.8, 4) is 0 Å². The summed E-state index contributed by atoms with van der Waals surface area (Å²) in [7, 11) is -3.64. The molecule has 1 saturated carbocycles. The minimum atomic E-state index is -3.64. The second-order valence-electron chi connectivity index (χ2n) is 8.15. The van der Waals surface area contributed by atoms with Crippen LogP contribution in [0, 0.1) is 18.6 Å². The van der Waals surface area contributed by atoms with Gasteiger partial charge in [-0.1, -0.05) is 18.2 Å². The van der Waals surface area contributed by atoms with Crippen LogP contribution in [0.3, 0.4) is 0 Å². The van der Waals surface area contributed by atoms with Gasteiger partial charge in [0.25, 0.3) is 0 Å². The van der Waals surface area contributed by atoms with Crippen LogP contribution in [0.25, 0.3) is 10.9 Å². The molecule has 0 aliphatic heterocycles. The number of benzene rings is 2. The molecule has 31 heavy (non-hydrogen) atoms. The van der Waals surface area contributed by atoms with Crippen LogP contribution in [-0.4, -0.2) is 31.7 Å². The number of halogens is 2. The molecule has 1 aliphatic rings. The molecular weight excluding hydrogens is 420 g/mol. The Morgan fingerprint density at radius 1 is 1.00 bits per heavy atom. The Morgan fingerprint density at radius 2 is 1.71 bits per heavy atom. The SMILES string of the molecule is Cc1cc(NC2CCC(N(c3ccc(F)c(F)c3)S(C)(=O)=O)CC2)nc2ccccc12. The smallest absolute Gasteiger partial charge is 0.232 e. The number of rotatable bonds is 5. The number of sulfonamides is 1. The molecule has 0 unspecified atom stereocenters. The molecule has 1 heterocycles. The summed E-state index contributed by atoms with van der Waals surface area (Å²) >= 11 is 0. The van der Waals surface area contributed by atoms with E-state index in [2.05, 4.69) is 12.2 Å². The number of nitrogens with one attached hydrogen (secondary N) is 1. The molecule has 1 aliphatic carbocycles. The second kappa shape index (κ2) is 8.42. The maximum atomic E-state index is 13.7. The normalized spacial score (nSPS) is 19.4. The van der Waals surface area contributed by atoms with Gasteiger partial charge in [-0.2, -0.15) is 0 Å². The van der Waals surface area contributed by atoms with Gasteiger partial charge in [0.05, 0.1) is 17.5 Å². The van der Waals surface area contributed by atoms with E-state index in [-0.39, 0.29) is 17.8 Å². The van der Waals surface area contributed by atoms with Gasteiger partial charge in [-0.15, -0.1) is 0 Å². The monoisotopic (exact) mass is 445 g/mol. The van der Waals surface area contributed by atoms with Gasteiger partial charge in [0.15, 0.2) is 11.6 Å². The molecule has 8 heteroatoms. The summed E-state index contributed by atoms with van der Waals surface area (Å²) in [5.41, 5.74) is 2.23. The number of pyridine rings is 1. The van der Waals surface area contributed by atoms with Gasteiger partial charge in [0.1, 0.15) is 5.82 Å². The van der Waals surface area contributed by atoms with Crippen LogP contribution in [0.2, 0.25) is 0 Å². The van der Waals surface area contributed by atoms with Crippen LogP contribution in [0.5, 0.6) is 0 Å². The summed E-state index contributed by atoms with van der Waals surface area (Å²) in [6, 6.07) is 13.1. The van der Waals surface area contributed by atoms with Crippen LogP contribution in [0.1, 0.15) is 31.2 Å². The molecule has 0 radical (unpaired) electrons. The lowest BCUT2D eigenvalue weighted by Crippen LogP contribution is -2.43. The van der Waals surface area contributed by atoms with E-state index in [1.807, 2.05) is 30.3 Å². The summed E-state index contributed by atoms with van der Waals surface area (Å²) in [5.74, 6) is -1.25. The van der Waals surface area contributed by atoms with E-state index in [1.54, 1.807) is 0 Å². The highest BCUT2D eigenvalue weighted by molar-refractivity contribution is 7.92. The molecule has 0 saturated heterocycles. The highest BCUT2D eigenvalue weighted by Gasteiger charge is 2.32. The van der Waals surface area contributed by atoms with Crippen molar-refractivity contribution in [2.24, 2.45) is 0 Å². The van der Waals surface area contributed by atoms with E-state index in [9.17, 15) is 17.2 Å². The first kappa shape index (κ1) is 21.5. The number of nitrogens with zero attached hydrogens (tertiary/aromatic N) is 2. The van der Waals surface area contributed by atoms with Gasteiger partial charge in [-0.3, -0.25) is 4.31 Å². The minimum absolute atomic E-state index is 0.157. The first-order valence-electron chi connectivity index (χ1n) is 10.3. The molecule has 164 valence electrons. The Bertz CT molecular complexity index is 1210. The summed E-state index contributed by atoms with van der Waals surface area (Å²) < 4.78 is 53.2. The lowest BCUT2D eigenvalue weighted by atomic mass is 9.91. The van der Waals surface area contributed by atoms with Crippen LogP contribution in [-0.2, 0) is 10.0 Å². The summed E-state index contributed by atoms with van der Waals surface area (Å²) in [5, 5.41) is 4.60. The van der Waals surface area contributed by atoms with Crippen LogP contribution < -0.4 is 9.62 Å². The van der Waals surface area contributed by atoms with Crippen molar-refractivity contribution < 1.29 is 17.2 Å². The maximum absolute atomic E-state index is 13.7. The third kappa shape index (κ3) is 4.63. The van der Waals surface area contributed by atoms with Gasteiger partial charge in [-0.05, 0) is 62.4 Å². The van der Waals surface area contributed by atoms with Crippen LogP contribution in [0.15, 0.2) is 48.5 Å². The van der Waals surface area contributed by atoms with Crippen LogP contribution in [0.4, 0.5) is 20.3 Å². The Kier molecular flexibility index (Phi) is 5.83. The number of fused-ring (bicyclic) bond motifs is 1. The summed E-state index contributed by atoms with van der Waals surface area (Å²) in [6.45, 7) is 2.05. The molecular formula is C23H25F2N3O2S. The van der Waals surface area contributed by atoms with Crippen molar-refractivity contribution in [2.75, 3.05) is 15.9 Å². The van der Waals surface area contributed by atoms with E-state index in [0.29, 0.717) is 12.8 Å². The number of aromatic nitrogens is 1. The zero-order valence-corrected chi connectivity index (χ0v) is 18.3. The molecule has 2 aromatic carbocycles. The largest absolute Gasteiger partial charge is 0.367 e. The van der Waals surface area contributed by atoms with Gasteiger partial charge in [-0.25, -0.2) is 22.2 Å². The Balaban J connectivity index is 1.48. The lowest BCUT2D eigenvalue weighted by Gasteiger charge is -2.37. The number of aryl methyl sites for hydroxylation is 1. The topological polar surface area (TPSA) is 62.3 Å². The number of hydrogen-bond acceptors (Lipinski definition) is 4. The Hall–Kier alpha value is -2.74. The molecule has 1 N–H and O–H groups in total. The predicted molar refractivity (Wildman–Crippen MR) is 120 cm³/mol. The first-order chi connectivity index (χ1) is 14.7. The fraction of sp³-hybridized carbons (Fsp3) is 0.348. The van der Waals surface area contributed by atoms with Crippen molar-refractivity contribution >= 4 is 32.4 Å². The second-order valence-corrected chi connectivity index (χ2v) is 10.0. The predicted octanol–water partition coefficient (Wildman–Crippen LogP) is 5.01. The molecule has 1 aromatic heterocycles. The standard InChI is InChI=1S/C23H25F2N3O2S/c1-15-13-23(27-22-6-4-3-5-19(15)22)26-16-7-9-17(10-8-16)28(31(2,29)30)18-11-12-20(24)21(25)14-18/h3-6,11-14,16-17H,7-10H2,1-2H3,(H,26,27). The summed E-state index contributed by atoms with van der Waals surface area (Å²) in [4.78, 5) is 4.69. The number of hydrogen-bond donors (Lipinski definition) is 1. The molecule has 0 spiro atoms. The van der Waals surface area contributed by atoms with Crippen molar-refractivity contribution in [3.63, 3.8) is 0 Å². The fourth-order valence-corrected chi connectivity index (χ4v) is 5.63. The molecule has 0 atom stereocenters. The van der Waals surface area contributed by atoms with E-state index >= 15 is 0 Å². The number of anilines is 2. The quantitative estimate of drug-likeness (QED) is 0.600. The zero-order chi connectivity index (χ0) is 22.2. The molecule has 0 bridgehead atoms. The van der Waals surface area contributed by atoms with Crippen molar-refractivity contribution in [1.82, 2.24) is 4.98 Å². The first-order valence-corrected chi connectivity index (χ1v) is 12.1. The molecule has 3 aromatic rings. The zero-order valence-electron chi connectivity index (χ0n) is 17.5. The average Bonchev–Trinajstić information content (AvgIpc) is 2.71. The fourth-order valence-electron chi connectivity index (χ4n) is 4.38. The van der Waals surface area contributed by atoms with Gasteiger partial charge in [0, 0.05) is 23.5 Å². The van der Waals surface area contributed by atoms with E-state index in [0.717, 1.165) is 53.5 Å². The average molecular weight is 446 g/mol. The van der Waals surface area contributed by atoms with Crippen molar-refractivity contribution in [1.29, 1.82) is 0 Å². The van der Waals surface area contributed by atoms with E-state index in [4.69, 9.17) is 4.98 Å². The highest BCUT2D eigenvalue weighted by Crippen LogP contribution is 2.32. The van der Waals surface area contributed by atoms with E-state index in [1.165, 1.54) is 10.4 Å². The third-order valence-electron chi connectivity index (χ3n) is 5.82. The molecule has 0 amide bonds. The van der Waals surface area contributed by atoms with Gasteiger partial charge < -0.3 is 5.32 Å². The number of para-hydroxylation sites is 1. The van der Waals surface area contributed by atoms with Gasteiger partial charge in [0.2, 0.25) is 10.0 Å². The maximum Gasteiger partial charge on any atom is 0.232 e. The highest BCUT2D eigenvalue weighted by atomic mass is 32.2. The summed E-state index contributed by atoms with van der Waals surface area (Å²) in [6.07, 6.45) is 3.80. The van der Waals surface area contributed by atoms with Crippen LogP contribution >= 0.6 is 0 Å². The van der Waals surface area contributed by atoms with Crippen molar-refractivity contribution in [3.05, 3.63) is 65.7 Å². The van der Waals surface area contributed by atoms with E-state index < -0.39 is 21.7 Å².